The molecule has 2 N–H and O–H groups in total. The van der Waals surface area contributed by atoms with E-state index in [1.54, 1.807) is 0 Å². The monoisotopic (exact) mass is 210 g/mol. The predicted molar refractivity (Wildman–Crippen MR) is 41.4 cm³/mol. The molecule has 8 heteroatoms. The minimum absolute atomic E-state index is 0.299. The summed E-state index contributed by atoms with van der Waals surface area (Å²) in [7, 11) is -3.53. The van der Waals surface area contributed by atoms with Crippen molar-refractivity contribution >= 4 is 10.2 Å². The molecule has 0 aliphatic rings. The van der Waals surface area contributed by atoms with E-state index < -0.39 is 27.5 Å². The van der Waals surface area contributed by atoms with Crippen molar-refractivity contribution in [1.29, 1.82) is 0 Å². The Balaban J connectivity index is 3.23. The Morgan fingerprint density at radius 3 is 2.46 bits per heavy atom. The topological polar surface area (TPSA) is 92.2 Å². The highest BCUT2D eigenvalue weighted by Crippen LogP contribution is 2.14. The molecule has 0 saturated heterocycles. The Morgan fingerprint density at radius 1 is 1.62 bits per heavy atom. The van der Waals surface area contributed by atoms with E-state index in [2.05, 4.69) is 0 Å². The molecule has 0 fully saturated rings. The van der Waals surface area contributed by atoms with Crippen LogP contribution in [0.2, 0.25) is 0 Å². The first-order chi connectivity index (χ1) is 5.81. The number of aromatic hydroxyl groups is 1. The van der Waals surface area contributed by atoms with Crippen molar-refractivity contribution in [1.82, 2.24) is 9.55 Å². The Hall–Kier alpha value is -1.31. The third-order valence-corrected chi connectivity index (χ3v) is 2.14. The van der Waals surface area contributed by atoms with Gasteiger partial charge in [-0.25, -0.2) is 4.79 Å². The lowest BCUT2D eigenvalue weighted by atomic mass is 10.5. The van der Waals surface area contributed by atoms with Crippen LogP contribution < -0.4 is 5.69 Å². The van der Waals surface area contributed by atoms with Crippen molar-refractivity contribution in [3.8, 4) is 5.88 Å². The number of hydrogen-bond donors (Lipinski definition) is 2. The SMILES string of the molecule is Cn1c(CS(=O)(=O)F)c(O)[nH]c1=O. The number of hydrogen-bond acceptors (Lipinski definition) is 4. The van der Waals surface area contributed by atoms with Crippen molar-refractivity contribution in [2.75, 3.05) is 0 Å². The van der Waals surface area contributed by atoms with Crippen LogP contribution in [0, 0.1) is 0 Å². The zero-order valence-corrected chi connectivity index (χ0v) is 7.43. The van der Waals surface area contributed by atoms with E-state index in [9.17, 15) is 17.1 Å². The molecule has 0 amide bonds. The van der Waals surface area contributed by atoms with E-state index in [0.29, 0.717) is 0 Å². The van der Waals surface area contributed by atoms with Crippen molar-refractivity contribution in [2.45, 2.75) is 5.75 Å². The zero-order chi connectivity index (χ0) is 10.2. The van der Waals surface area contributed by atoms with E-state index in [1.807, 2.05) is 4.98 Å². The molecule has 1 aromatic heterocycles. The molecular weight excluding hydrogens is 203 g/mol. The molecule has 1 heterocycles. The van der Waals surface area contributed by atoms with Crippen molar-refractivity contribution < 1.29 is 17.4 Å². The highest BCUT2D eigenvalue weighted by Gasteiger charge is 2.17. The van der Waals surface area contributed by atoms with Gasteiger partial charge < -0.3 is 5.11 Å². The maximum atomic E-state index is 12.2. The van der Waals surface area contributed by atoms with Gasteiger partial charge in [0.25, 0.3) is 0 Å². The second-order valence-corrected chi connectivity index (χ2v) is 3.83. The Labute approximate surface area is 72.8 Å². The summed E-state index contributed by atoms with van der Waals surface area (Å²) in [6.45, 7) is 0. The average Bonchev–Trinajstić information content (AvgIpc) is 2.14. The number of imidazole rings is 1. The molecule has 6 nitrogen and oxygen atoms in total. The molecule has 0 atom stereocenters. The molecule has 13 heavy (non-hydrogen) atoms. The van der Waals surface area contributed by atoms with Gasteiger partial charge in [-0.15, -0.1) is 3.89 Å². The lowest BCUT2D eigenvalue weighted by molar-refractivity contribution is 0.448. The van der Waals surface area contributed by atoms with Crippen molar-refractivity contribution in [2.24, 2.45) is 7.05 Å². The van der Waals surface area contributed by atoms with E-state index in [0.717, 1.165) is 4.57 Å². The van der Waals surface area contributed by atoms with E-state index in [4.69, 9.17) is 5.11 Å². The molecule has 0 aliphatic heterocycles. The van der Waals surface area contributed by atoms with Crippen LogP contribution >= 0.6 is 0 Å². The molecule has 0 aromatic carbocycles. The number of aromatic amines is 1. The van der Waals surface area contributed by atoms with Crippen molar-refractivity contribution in [3.05, 3.63) is 16.2 Å². The van der Waals surface area contributed by atoms with Crippen LogP contribution in [0.3, 0.4) is 0 Å². The molecule has 0 aliphatic carbocycles. The molecular formula is C5H7FN2O4S. The average molecular weight is 210 g/mol. The van der Waals surface area contributed by atoms with Gasteiger partial charge in [-0.05, 0) is 0 Å². The molecule has 0 radical (unpaired) electrons. The van der Waals surface area contributed by atoms with Crippen LogP contribution in [0.5, 0.6) is 5.88 Å². The summed E-state index contributed by atoms with van der Waals surface area (Å²) in [6.07, 6.45) is 0. The number of rotatable bonds is 2. The second-order valence-electron chi connectivity index (χ2n) is 2.47. The molecule has 0 spiro atoms. The van der Waals surface area contributed by atoms with Gasteiger partial charge in [0.2, 0.25) is 5.88 Å². The summed E-state index contributed by atoms with van der Waals surface area (Å²) in [6, 6.07) is 0. The molecule has 0 saturated carbocycles. The summed E-state index contributed by atoms with van der Waals surface area (Å²) in [5.74, 6) is -1.65. The normalized spacial score (nSPS) is 11.8. The maximum Gasteiger partial charge on any atom is 0.328 e. The van der Waals surface area contributed by atoms with Gasteiger partial charge in [0.1, 0.15) is 11.4 Å². The van der Waals surface area contributed by atoms with E-state index >= 15 is 0 Å². The van der Waals surface area contributed by atoms with E-state index in [1.165, 1.54) is 7.05 Å². The largest absolute Gasteiger partial charge is 0.493 e. The third-order valence-electron chi connectivity index (χ3n) is 1.52. The van der Waals surface area contributed by atoms with Crippen molar-refractivity contribution in [3.63, 3.8) is 0 Å². The highest BCUT2D eigenvalue weighted by atomic mass is 32.3. The van der Waals surface area contributed by atoms with Crippen LogP contribution in [0.15, 0.2) is 4.79 Å². The minimum atomic E-state index is -4.75. The quantitative estimate of drug-likeness (QED) is 0.626. The summed E-state index contributed by atoms with van der Waals surface area (Å²) < 4.78 is 33.4. The lowest BCUT2D eigenvalue weighted by Crippen LogP contribution is -2.15. The lowest BCUT2D eigenvalue weighted by Gasteiger charge is -1.97. The number of aromatic nitrogens is 2. The Morgan fingerprint density at radius 2 is 2.15 bits per heavy atom. The summed E-state index contributed by atoms with van der Waals surface area (Å²) in [4.78, 5) is 12.7. The van der Waals surface area contributed by atoms with Crippen LogP contribution in [0.4, 0.5) is 3.89 Å². The van der Waals surface area contributed by atoms with Gasteiger partial charge in [-0.3, -0.25) is 9.55 Å². The summed E-state index contributed by atoms with van der Waals surface area (Å²) in [5, 5.41) is 8.97. The Kier molecular flexibility index (Phi) is 2.16. The van der Waals surface area contributed by atoms with Gasteiger partial charge in [0.15, 0.2) is 0 Å². The van der Waals surface area contributed by atoms with Gasteiger partial charge in [0.05, 0.1) is 0 Å². The van der Waals surface area contributed by atoms with Gasteiger partial charge >= 0.3 is 15.9 Å². The second kappa shape index (κ2) is 2.87. The van der Waals surface area contributed by atoms with Crippen LogP contribution in [0.25, 0.3) is 0 Å². The summed E-state index contributed by atoms with van der Waals surface area (Å²) >= 11 is 0. The van der Waals surface area contributed by atoms with Gasteiger partial charge in [-0.1, -0.05) is 0 Å². The molecule has 74 valence electrons. The fourth-order valence-corrected chi connectivity index (χ4v) is 1.52. The minimum Gasteiger partial charge on any atom is -0.493 e. The fraction of sp³-hybridized carbons (Fsp3) is 0.400. The molecule has 0 bridgehead atoms. The van der Waals surface area contributed by atoms with Crippen LogP contribution in [-0.4, -0.2) is 23.1 Å². The highest BCUT2D eigenvalue weighted by molar-refractivity contribution is 7.85. The van der Waals surface area contributed by atoms with Crippen LogP contribution in [0.1, 0.15) is 5.69 Å². The van der Waals surface area contributed by atoms with E-state index in [-0.39, 0.29) is 5.69 Å². The smallest absolute Gasteiger partial charge is 0.328 e. The molecule has 1 aromatic rings. The number of halogens is 1. The fourth-order valence-electron chi connectivity index (χ4n) is 0.867. The number of H-pyrrole nitrogens is 1. The number of nitrogens with zero attached hydrogens (tertiary/aromatic N) is 1. The van der Waals surface area contributed by atoms with Gasteiger partial charge in [-0.2, -0.15) is 8.42 Å². The molecule has 1 rings (SSSR count). The summed E-state index contributed by atoms with van der Waals surface area (Å²) in [5.41, 5.74) is -0.997. The van der Waals surface area contributed by atoms with Crippen LogP contribution in [-0.2, 0) is 23.0 Å². The zero-order valence-electron chi connectivity index (χ0n) is 6.61. The standard InChI is InChI=1S/C5H7FN2O4S/c1-8-3(2-13(6,11)12)4(9)7-5(8)10/h9H,2H2,1H3,(H,7,10). The predicted octanol–water partition coefficient (Wildman–Crippen LogP) is -0.782. The van der Waals surface area contributed by atoms with Gasteiger partial charge in [0, 0.05) is 7.05 Å². The first kappa shape index (κ1) is 9.78. The third kappa shape index (κ3) is 2.08. The number of nitrogens with one attached hydrogen (secondary N) is 1. The molecule has 0 unspecified atom stereocenters. The Bertz CT molecular complexity index is 471. The first-order valence-corrected chi connectivity index (χ1v) is 4.75. The maximum absolute atomic E-state index is 12.2. The first-order valence-electron chi connectivity index (χ1n) is 3.20.